The van der Waals surface area contributed by atoms with Crippen molar-refractivity contribution in [3.8, 4) is 11.4 Å². The Morgan fingerprint density at radius 2 is 2.25 bits per heavy atom. The molecule has 1 aromatic carbocycles. The van der Waals surface area contributed by atoms with E-state index in [-0.39, 0.29) is 0 Å². The van der Waals surface area contributed by atoms with Gasteiger partial charge in [-0.3, -0.25) is 0 Å². The van der Waals surface area contributed by atoms with Crippen molar-refractivity contribution in [1.29, 1.82) is 0 Å². The molecule has 20 heavy (non-hydrogen) atoms. The third-order valence-corrected chi connectivity index (χ3v) is 3.14. The van der Waals surface area contributed by atoms with E-state index in [2.05, 4.69) is 36.4 Å². The number of halogens is 1. The maximum absolute atomic E-state index is 5.48. The van der Waals surface area contributed by atoms with Crippen molar-refractivity contribution in [2.45, 2.75) is 13.1 Å². The third kappa shape index (κ3) is 2.75. The second-order valence-corrected chi connectivity index (χ2v) is 5.05. The second kappa shape index (κ2) is 5.51. The summed E-state index contributed by atoms with van der Waals surface area (Å²) in [5, 5.41) is 11.8. The lowest BCUT2D eigenvalue weighted by molar-refractivity contribution is 0.364. The lowest BCUT2D eigenvalue weighted by Crippen LogP contribution is -2.00. The first-order valence-corrected chi connectivity index (χ1v) is 6.71. The van der Waals surface area contributed by atoms with Gasteiger partial charge in [0.15, 0.2) is 0 Å². The van der Waals surface area contributed by atoms with Crippen LogP contribution in [-0.4, -0.2) is 25.1 Å². The summed E-state index contributed by atoms with van der Waals surface area (Å²) in [5.41, 5.74) is 7.08. The van der Waals surface area contributed by atoms with E-state index in [4.69, 9.17) is 10.3 Å². The number of nitrogens with two attached hydrogens (primary N) is 1. The fourth-order valence-electron chi connectivity index (χ4n) is 1.71. The number of hydrogen-bond donors (Lipinski definition) is 1. The fraction of sp³-hybridized carbons (Fsp3) is 0.167. The lowest BCUT2D eigenvalue weighted by atomic mass is 10.2. The molecule has 102 valence electrons. The van der Waals surface area contributed by atoms with E-state index < -0.39 is 0 Å². The molecule has 0 amide bonds. The van der Waals surface area contributed by atoms with E-state index in [9.17, 15) is 0 Å². The van der Waals surface area contributed by atoms with Crippen molar-refractivity contribution in [2.75, 3.05) is 0 Å². The summed E-state index contributed by atoms with van der Waals surface area (Å²) in [4.78, 5) is 4.33. The molecule has 0 aliphatic rings. The number of rotatable bonds is 4. The van der Waals surface area contributed by atoms with Crippen molar-refractivity contribution in [1.82, 2.24) is 25.1 Å². The number of aromatic nitrogens is 5. The van der Waals surface area contributed by atoms with Crippen LogP contribution in [0.4, 0.5) is 0 Å². The molecule has 2 aromatic heterocycles. The van der Waals surface area contributed by atoms with E-state index >= 15 is 0 Å². The molecule has 0 bridgehead atoms. The van der Waals surface area contributed by atoms with Gasteiger partial charge in [0.05, 0.1) is 11.9 Å². The average Bonchev–Trinajstić information content (AvgIpc) is 3.08. The Kier molecular flexibility index (Phi) is 3.57. The Bertz CT molecular complexity index is 722. The zero-order valence-corrected chi connectivity index (χ0v) is 12.0. The molecule has 8 heteroatoms. The Labute approximate surface area is 122 Å². The first-order valence-electron chi connectivity index (χ1n) is 5.92. The molecular formula is C12H11BrN6O. The average molecular weight is 335 g/mol. The van der Waals surface area contributed by atoms with E-state index in [1.807, 2.05) is 24.3 Å². The number of nitrogens with zero attached hydrogens (tertiary/aromatic N) is 5. The van der Waals surface area contributed by atoms with Crippen LogP contribution in [0.3, 0.4) is 0 Å². The molecule has 7 nitrogen and oxygen atoms in total. The Balaban J connectivity index is 1.80. The standard InChI is InChI=1S/C12H11BrN6O/c13-9-3-1-2-8(4-9)12-15-11(20-17-12)7-19-6-10(5-14)16-18-19/h1-4,6H,5,7,14H2. The minimum absolute atomic E-state index is 0.354. The highest BCUT2D eigenvalue weighted by Gasteiger charge is 2.10. The Hall–Kier alpha value is -2.06. The SMILES string of the molecule is NCc1cn(Cc2nc(-c3cccc(Br)c3)no2)nn1. The van der Waals surface area contributed by atoms with Crippen LogP contribution in [0.25, 0.3) is 11.4 Å². The van der Waals surface area contributed by atoms with Crippen molar-refractivity contribution in [3.63, 3.8) is 0 Å². The second-order valence-electron chi connectivity index (χ2n) is 4.13. The lowest BCUT2D eigenvalue weighted by Gasteiger charge is -1.94. The summed E-state index contributed by atoms with van der Waals surface area (Å²) in [7, 11) is 0. The van der Waals surface area contributed by atoms with Gasteiger partial charge in [0, 0.05) is 16.6 Å². The molecule has 0 saturated carbocycles. The zero-order valence-electron chi connectivity index (χ0n) is 10.4. The Morgan fingerprint density at radius 3 is 3.00 bits per heavy atom. The predicted octanol–water partition coefficient (Wildman–Crippen LogP) is 1.60. The van der Waals surface area contributed by atoms with Crippen LogP contribution in [0.1, 0.15) is 11.6 Å². The third-order valence-electron chi connectivity index (χ3n) is 2.64. The molecule has 3 rings (SSSR count). The molecule has 0 spiro atoms. The van der Waals surface area contributed by atoms with Crippen molar-refractivity contribution in [3.05, 3.63) is 46.5 Å². The van der Waals surface area contributed by atoms with Gasteiger partial charge in [-0.05, 0) is 12.1 Å². The molecule has 2 heterocycles. The highest BCUT2D eigenvalue weighted by Crippen LogP contribution is 2.20. The summed E-state index contributed by atoms with van der Waals surface area (Å²) in [5.74, 6) is 1.01. The zero-order chi connectivity index (χ0) is 13.9. The smallest absolute Gasteiger partial charge is 0.248 e. The van der Waals surface area contributed by atoms with E-state index in [0.29, 0.717) is 24.8 Å². The molecule has 0 saturated heterocycles. The fourth-order valence-corrected chi connectivity index (χ4v) is 2.11. The van der Waals surface area contributed by atoms with Gasteiger partial charge in [0.1, 0.15) is 6.54 Å². The molecule has 0 radical (unpaired) electrons. The molecule has 0 aliphatic carbocycles. The summed E-state index contributed by atoms with van der Waals surface area (Å²) >= 11 is 3.41. The van der Waals surface area contributed by atoms with Gasteiger partial charge in [-0.15, -0.1) is 5.10 Å². The molecule has 0 atom stereocenters. The van der Waals surface area contributed by atoms with E-state index in [1.165, 1.54) is 0 Å². The van der Waals surface area contributed by atoms with Gasteiger partial charge < -0.3 is 10.3 Å². The number of benzene rings is 1. The van der Waals surface area contributed by atoms with Crippen LogP contribution < -0.4 is 5.73 Å². The monoisotopic (exact) mass is 334 g/mol. The summed E-state index contributed by atoms with van der Waals surface area (Å²) in [6, 6.07) is 7.70. The van der Waals surface area contributed by atoms with Gasteiger partial charge in [0.25, 0.3) is 0 Å². The van der Waals surface area contributed by atoms with Crippen LogP contribution >= 0.6 is 15.9 Å². The Morgan fingerprint density at radius 1 is 1.35 bits per heavy atom. The normalized spacial score (nSPS) is 10.9. The van der Waals surface area contributed by atoms with Gasteiger partial charge >= 0.3 is 0 Å². The van der Waals surface area contributed by atoms with Crippen LogP contribution in [0, 0.1) is 0 Å². The molecule has 3 aromatic rings. The molecule has 0 aliphatic heterocycles. The van der Waals surface area contributed by atoms with Gasteiger partial charge in [0.2, 0.25) is 11.7 Å². The van der Waals surface area contributed by atoms with Gasteiger partial charge in [-0.1, -0.05) is 38.4 Å². The highest BCUT2D eigenvalue weighted by molar-refractivity contribution is 9.10. The van der Waals surface area contributed by atoms with E-state index in [1.54, 1.807) is 10.9 Å². The minimum Gasteiger partial charge on any atom is -0.337 e. The topological polar surface area (TPSA) is 95.7 Å². The highest BCUT2D eigenvalue weighted by atomic mass is 79.9. The van der Waals surface area contributed by atoms with Crippen LogP contribution in [-0.2, 0) is 13.1 Å². The summed E-state index contributed by atoms with van der Waals surface area (Å²) < 4.78 is 7.78. The van der Waals surface area contributed by atoms with E-state index in [0.717, 1.165) is 15.7 Å². The first kappa shape index (κ1) is 12.9. The van der Waals surface area contributed by atoms with Crippen LogP contribution in [0.15, 0.2) is 39.5 Å². The molecular weight excluding hydrogens is 324 g/mol. The largest absolute Gasteiger partial charge is 0.337 e. The number of hydrogen-bond acceptors (Lipinski definition) is 6. The van der Waals surface area contributed by atoms with Crippen LogP contribution in [0.5, 0.6) is 0 Å². The quantitative estimate of drug-likeness (QED) is 0.778. The summed E-state index contributed by atoms with van der Waals surface area (Å²) in [6.45, 7) is 0.723. The first-order chi connectivity index (χ1) is 9.74. The summed E-state index contributed by atoms with van der Waals surface area (Å²) in [6.07, 6.45) is 1.75. The molecule has 0 fully saturated rings. The molecule has 0 unspecified atom stereocenters. The minimum atomic E-state index is 0.354. The maximum atomic E-state index is 5.48. The predicted molar refractivity (Wildman–Crippen MR) is 74.4 cm³/mol. The van der Waals surface area contributed by atoms with Crippen molar-refractivity contribution in [2.24, 2.45) is 5.73 Å². The van der Waals surface area contributed by atoms with Crippen LogP contribution in [0.2, 0.25) is 0 Å². The van der Waals surface area contributed by atoms with Crippen molar-refractivity contribution < 1.29 is 4.52 Å². The van der Waals surface area contributed by atoms with Crippen molar-refractivity contribution >= 4 is 15.9 Å². The maximum Gasteiger partial charge on any atom is 0.248 e. The van der Waals surface area contributed by atoms with Gasteiger partial charge in [-0.25, -0.2) is 4.68 Å². The van der Waals surface area contributed by atoms with Gasteiger partial charge in [-0.2, -0.15) is 4.98 Å². The molecule has 2 N–H and O–H groups in total.